The Hall–Kier alpha value is -2.21. The van der Waals surface area contributed by atoms with E-state index < -0.39 is 0 Å². The summed E-state index contributed by atoms with van der Waals surface area (Å²) in [5.74, 6) is 2.35. The Morgan fingerprint density at radius 2 is 2.00 bits per heavy atom. The Morgan fingerprint density at radius 1 is 1.21 bits per heavy atom. The lowest BCUT2D eigenvalue weighted by Gasteiger charge is -2.22. The molecule has 0 aliphatic heterocycles. The van der Waals surface area contributed by atoms with Crippen molar-refractivity contribution in [1.82, 2.24) is 10.2 Å². The number of rotatable bonds is 7. The second-order valence-electron chi connectivity index (χ2n) is 5.34. The van der Waals surface area contributed by atoms with Crippen LogP contribution in [0.25, 0.3) is 0 Å². The van der Waals surface area contributed by atoms with Gasteiger partial charge < -0.3 is 19.7 Å². The quantitative estimate of drug-likeness (QED) is 0.618. The van der Waals surface area contributed by atoms with Crippen molar-refractivity contribution in [1.29, 1.82) is 0 Å². The first kappa shape index (κ1) is 18.1. The van der Waals surface area contributed by atoms with E-state index >= 15 is 0 Å². The minimum atomic E-state index is 0.677. The van der Waals surface area contributed by atoms with Gasteiger partial charge in [0.1, 0.15) is 0 Å². The average molecular weight is 347 g/mol. The molecule has 0 atom stereocenters. The minimum Gasteiger partial charge on any atom is -0.493 e. The van der Waals surface area contributed by atoms with Crippen LogP contribution in [0.1, 0.15) is 10.4 Å². The molecule has 6 heteroatoms. The third-order valence-electron chi connectivity index (χ3n) is 3.75. The van der Waals surface area contributed by atoms with E-state index in [-0.39, 0.29) is 0 Å². The third-order valence-corrected chi connectivity index (χ3v) is 4.68. The van der Waals surface area contributed by atoms with Gasteiger partial charge in [-0.1, -0.05) is 12.1 Å². The topological polar surface area (TPSA) is 46.1 Å². The number of nitrogens with zero attached hydrogens (tertiary/aromatic N) is 2. The molecule has 2 aromatic rings. The van der Waals surface area contributed by atoms with Gasteiger partial charge in [-0.2, -0.15) is 0 Å². The molecule has 1 heterocycles. The molecule has 1 N–H and O–H groups in total. The molecule has 0 spiro atoms. The number of hydrogen-bond acceptors (Lipinski definition) is 4. The number of guanidine groups is 1. The molecule has 0 aliphatic carbocycles. The summed E-state index contributed by atoms with van der Waals surface area (Å²) in [5, 5.41) is 5.50. The van der Waals surface area contributed by atoms with Gasteiger partial charge in [-0.3, -0.25) is 4.99 Å². The summed E-state index contributed by atoms with van der Waals surface area (Å²) in [6, 6.07) is 10.2. The largest absolute Gasteiger partial charge is 0.493 e. The van der Waals surface area contributed by atoms with E-state index in [0.29, 0.717) is 6.54 Å². The van der Waals surface area contributed by atoms with Crippen molar-refractivity contribution >= 4 is 17.3 Å². The molecule has 1 aromatic carbocycles. The third kappa shape index (κ3) is 4.89. The fraction of sp³-hybridized carbons (Fsp3) is 0.389. The van der Waals surface area contributed by atoms with E-state index in [9.17, 15) is 0 Å². The van der Waals surface area contributed by atoms with Crippen LogP contribution in [0.2, 0.25) is 0 Å². The van der Waals surface area contributed by atoms with Gasteiger partial charge in [-0.05, 0) is 35.6 Å². The first-order valence-electron chi connectivity index (χ1n) is 7.83. The van der Waals surface area contributed by atoms with E-state index in [1.54, 1.807) is 32.6 Å². The smallest absolute Gasteiger partial charge is 0.193 e. The summed E-state index contributed by atoms with van der Waals surface area (Å²) in [4.78, 5) is 7.88. The van der Waals surface area contributed by atoms with Crippen LogP contribution < -0.4 is 14.8 Å². The number of nitrogens with one attached hydrogen (secondary N) is 1. The van der Waals surface area contributed by atoms with Crippen LogP contribution in [-0.4, -0.2) is 45.7 Å². The molecule has 0 unspecified atom stereocenters. The molecule has 0 fully saturated rings. The summed E-state index contributed by atoms with van der Waals surface area (Å²) < 4.78 is 10.6. The van der Waals surface area contributed by atoms with Crippen LogP contribution in [0.4, 0.5) is 0 Å². The number of thiophene rings is 1. The second-order valence-corrected chi connectivity index (χ2v) is 6.37. The van der Waals surface area contributed by atoms with E-state index in [1.807, 2.05) is 18.2 Å². The number of ether oxygens (including phenoxy) is 2. The number of likely N-dealkylation sites (N-methyl/N-ethyl adjacent to an activating group) is 1. The van der Waals surface area contributed by atoms with Gasteiger partial charge in [0.25, 0.3) is 0 Å². The molecule has 0 saturated carbocycles. The SMILES string of the molecule is CN=C(NCc1ccc(OC)c(OC)c1)N(C)CCc1cccs1. The van der Waals surface area contributed by atoms with Crippen molar-refractivity contribution in [3.05, 3.63) is 46.2 Å². The Bertz CT molecular complexity index is 656. The normalized spacial score (nSPS) is 11.2. The van der Waals surface area contributed by atoms with Crippen molar-refractivity contribution in [2.75, 3.05) is 34.9 Å². The van der Waals surface area contributed by atoms with Gasteiger partial charge >= 0.3 is 0 Å². The molecule has 0 saturated heterocycles. The Kier molecular flexibility index (Phi) is 6.93. The Morgan fingerprint density at radius 3 is 2.62 bits per heavy atom. The molecule has 0 aliphatic rings. The lowest BCUT2D eigenvalue weighted by molar-refractivity contribution is 0.354. The minimum absolute atomic E-state index is 0.677. The number of benzene rings is 1. The standard InChI is InChI=1S/C18H25N3O2S/c1-19-18(21(2)10-9-15-6-5-11-24-15)20-13-14-7-8-16(22-3)17(12-14)23-4/h5-8,11-12H,9-10,13H2,1-4H3,(H,19,20). The Balaban J connectivity index is 1.90. The van der Waals surface area contributed by atoms with Crippen LogP contribution >= 0.6 is 11.3 Å². The predicted molar refractivity (Wildman–Crippen MR) is 100 cm³/mol. The maximum absolute atomic E-state index is 5.35. The fourth-order valence-corrected chi connectivity index (χ4v) is 3.09. The average Bonchev–Trinajstić information content (AvgIpc) is 3.13. The van der Waals surface area contributed by atoms with E-state index in [1.165, 1.54) is 4.88 Å². The molecule has 0 radical (unpaired) electrons. The highest BCUT2D eigenvalue weighted by molar-refractivity contribution is 7.09. The van der Waals surface area contributed by atoms with Gasteiger partial charge in [-0.25, -0.2) is 0 Å². The first-order chi connectivity index (χ1) is 11.7. The molecule has 0 bridgehead atoms. The second kappa shape index (κ2) is 9.17. The maximum atomic E-state index is 5.35. The number of hydrogen-bond donors (Lipinski definition) is 1. The van der Waals surface area contributed by atoms with Crippen molar-refractivity contribution in [3.63, 3.8) is 0 Å². The van der Waals surface area contributed by atoms with Crippen LogP contribution in [0.15, 0.2) is 40.7 Å². The first-order valence-corrected chi connectivity index (χ1v) is 8.71. The van der Waals surface area contributed by atoms with Crippen LogP contribution in [0, 0.1) is 0 Å². The highest BCUT2D eigenvalue weighted by Crippen LogP contribution is 2.27. The maximum Gasteiger partial charge on any atom is 0.193 e. The van der Waals surface area contributed by atoms with Crippen molar-refractivity contribution in [2.45, 2.75) is 13.0 Å². The highest BCUT2D eigenvalue weighted by atomic mass is 32.1. The molecule has 5 nitrogen and oxygen atoms in total. The van der Waals surface area contributed by atoms with Gasteiger partial charge in [0, 0.05) is 32.1 Å². The zero-order valence-electron chi connectivity index (χ0n) is 14.7. The van der Waals surface area contributed by atoms with Gasteiger partial charge in [0.2, 0.25) is 0 Å². The Labute approximate surface area is 147 Å². The zero-order chi connectivity index (χ0) is 17.4. The number of methoxy groups -OCH3 is 2. The lowest BCUT2D eigenvalue weighted by Crippen LogP contribution is -2.39. The lowest BCUT2D eigenvalue weighted by atomic mass is 10.2. The van der Waals surface area contributed by atoms with Crippen molar-refractivity contribution < 1.29 is 9.47 Å². The van der Waals surface area contributed by atoms with E-state index in [4.69, 9.17) is 9.47 Å². The van der Waals surface area contributed by atoms with Gasteiger partial charge in [0.05, 0.1) is 14.2 Å². The summed E-state index contributed by atoms with van der Waals surface area (Å²) in [5.41, 5.74) is 1.11. The van der Waals surface area contributed by atoms with Crippen molar-refractivity contribution in [2.24, 2.45) is 4.99 Å². The zero-order valence-corrected chi connectivity index (χ0v) is 15.5. The molecular weight excluding hydrogens is 322 g/mol. The summed E-state index contributed by atoms with van der Waals surface area (Å²) in [6.07, 6.45) is 1.02. The molecule has 130 valence electrons. The molecule has 0 amide bonds. The highest BCUT2D eigenvalue weighted by Gasteiger charge is 2.08. The monoisotopic (exact) mass is 347 g/mol. The molecule has 1 aromatic heterocycles. The van der Waals surface area contributed by atoms with Gasteiger partial charge in [0.15, 0.2) is 17.5 Å². The van der Waals surface area contributed by atoms with Crippen LogP contribution in [0.5, 0.6) is 11.5 Å². The van der Waals surface area contributed by atoms with E-state index in [2.05, 4.69) is 39.8 Å². The summed E-state index contributed by atoms with van der Waals surface area (Å²) >= 11 is 1.79. The molecule has 2 rings (SSSR count). The fourth-order valence-electron chi connectivity index (χ4n) is 2.40. The summed E-state index contributed by atoms with van der Waals surface area (Å²) in [7, 11) is 7.14. The van der Waals surface area contributed by atoms with Crippen LogP contribution in [-0.2, 0) is 13.0 Å². The van der Waals surface area contributed by atoms with Gasteiger partial charge in [-0.15, -0.1) is 11.3 Å². The number of aliphatic imine (C=N–C) groups is 1. The summed E-state index contributed by atoms with van der Waals surface area (Å²) in [6.45, 7) is 1.60. The van der Waals surface area contributed by atoms with E-state index in [0.717, 1.165) is 36.0 Å². The van der Waals surface area contributed by atoms with Crippen LogP contribution in [0.3, 0.4) is 0 Å². The molecular formula is C18H25N3O2S. The molecule has 24 heavy (non-hydrogen) atoms. The predicted octanol–water partition coefficient (Wildman–Crippen LogP) is 3.02. The van der Waals surface area contributed by atoms with Crippen molar-refractivity contribution in [3.8, 4) is 11.5 Å².